The van der Waals surface area contributed by atoms with Gasteiger partial charge in [0, 0.05) is 31.1 Å². The van der Waals surface area contributed by atoms with Crippen LogP contribution in [0.3, 0.4) is 0 Å². The van der Waals surface area contributed by atoms with Crippen LogP contribution in [0.2, 0.25) is 0 Å². The van der Waals surface area contributed by atoms with Crippen molar-refractivity contribution >= 4 is 11.5 Å². The van der Waals surface area contributed by atoms with E-state index in [-0.39, 0.29) is 12.2 Å². The number of ether oxygens (including phenoxy) is 1. The molecule has 7 heteroatoms. The molecule has 3 aliphatic heterocycles. The van der Waals surface area contributed by atoms with Gasteiger partial charge in [-0.1, -0.05) is 18.2 Å². The Balaban J connectivity index is 1.38. The lowest BCUT2D eigenvalue weighted by molar-refractivity contribution is 0.100. The zero-order valence-corrected chi connectivity index (χ0v) is 13.4. The fourth-order valence-electron chi connectivity index (χ4n) is 4.32. The smallest absolute Gasteiger partial charge is 0.203 e. The molecule has 2 bridgehead atoms. The number of anilines is 1. The highest BCUT2D eigenvalue weighted by Gasteiger charge is 2.50. The second-order valence-electron chi connectivity index (χ2n) is 6.88. The van der Waals surface area contributed by atoms with Crippen molar-refractivity contribution in [2.75, 3.05) is 18.0 Å². The summed E-state index contributed by atoms with van der Waals surface area (Å²) in [7, 11) is 0. The van der Waals surface area contributed by atoms with E-state index in [1.807, 2.05) is 30.3 Å². The molecule has 6 heterocycles. The first-order chi connectivity index (χ1) is 12.4. The lowest BCUT2D eigenvalue weighted by Gasteiger charge is -2.19. The Hall–Kier alpha value is -2.80. The van der Waals surface area contributed by atoms with E-state index in [1.165, 1.54) is 0 Å². The van der Waals surface area contributed by atoms with Crippen molar-refractivity contribution in [2.45, 2.75) is 12.2 Å². The molecule has 4 atom stereocenters. The minimum Gasteiger partial charge on any atom is -0.366 e. The second kappa shape index (κ2) is 4.86. The number of fused-ring (bicyclic) bond motifs is 6. The van der Waals surface area contributed by atoms with Gasteiger partial charge in [0.2, 0.25) is 5.82 Å². The highest BCUT2D eigenvalue weighted by Crippen LogP contribution is 2.44. The van der Waals surface area contributed by atoms with Crippen molar-refractivity contribution in [1.82, 2.24) is 24.8 Å². The maximum absolute atomic E-state index is 5.97. The van der Waals surface area contributed by atoms with Crippen molar-refractivity contribution < 1.29 is 4.74 Å². The van der Waals surface area contributed by atoms with Crippen LogP contribution < -0.4 is 4.90 Å². The molecule has 0 aliphatic carbocycles. The molecule has 3 aliphatic rings. The van der Waals surface area contributed by atoms with Crippen LogP contribution in [0.5, 0.6) is 0 Å². The van der Waals surface area contributed by atoms with Crippen molar-refractivity contribution in [3.8, 4) is 11.5 Å². The third kappa shape index (κ3) is 1.90. The van der Waals surface area contributed by atoms with Gasteiger partial charge < -0.3 is 9.64 Å². The van der Waals surface area contributed by atoms with Gasteiger partial charge in [0.1, 0.15) is 11.5 Å². The number of hydrogen-bond acceptors (Lipinski definition) is 6. The van der Waals surface area contributed by atoms with E-state index < -0.39 is 0 Å². The molecule has 3 aromatic heterocycles. The van der Waals surface area contributed by atoms with E-state index in [0.29, 0.717) is 17.7 Å². The minimum absolute atomic E-state index is 0.280. The van der Waals surface area contributed by atoms with Crippen molar-refractivity contribution in [1.29, 1.82) is 0 Å². The molecule has 0 aromatic carbocycles. The molecule has 0 saturated carbocycles. The van der Waals surface area contributed by atoms with Crippen LogP contribution in [0, 0.1) is 11.8 Å². The van der Waals surface area contributed by atoms with Crippen LogP contribution >= 0.6 is 0 Å². The van der Waals surface area contributed by atoms with Gasteiger partial charge in [0.05, 0.1) is 12.2 Å². The molecule has 7 nitrogen and oxygen atoms in total. The van der Waals surface area contributed by atoms with Gasteiger partial charge in [-0.15, -0.1) is 15.3 Å². The Bertz CT molecular complexity index is 964. The Morgan fingerprint density at radius 1 is 0.960 bits per heavy atom. The van der Waals surface area contributed by atoms with Crippen molar-refractivity contribution in [3.05, 3.63) is 48.7 Å². The molecule has 25 heavy (non-hydrogen) atoms. The zero-order valence-electron chi connectivity index (χ0n) is 13.4. The van der Waals surface area contributed by atoms with Gasteiger partial charge in [-0.25, -0.2) is 0 Å². The van der Waals surface area contributed by atoms with E-state index >= 15 is 0 Å². The molecule has 2 fully saturated rings. The van der Waals surface area contributed by atoms with E-state index in [0.717, 1.165) is 30.2 Å². The average Bonchev–Trinajstić information content (AvgIpc) is 3.41. The molecule has 0 amide bonds. The summed E-state index contributed by atoms with van der Waals surface area (Å²) in [4.78, 5) is 6.73. The number of pyridine rings is 1. The van der Waals surface area contributed by atoms with Crippen LogP contribution in [0.1, 0.15) is 0 Å². The second-order valence-corrected chi connectivity index (χ2v) is 6.88. The Labute approximate surface area is 144 Å². The molecule has 4 unspecified atom stereocenters. The van der Waals surface area contributed by atoms with Crippen LogP contribution in [-0.2, 0) is 4.74 Å². The Morgan fingerprint density at radius 2 is 1.80 bits per heavy atom. The lowest BCUT2D eigenvalue weighted by Crippen LogP contribution is -2.26. The maximum Gasteiger partial charge on any atom is 0.203 e. The molecule has 0 spiro atoms. The standard InChI is InChI=1S/C18H16N6O/c1-2-8-19-13(3-1)18-21-20-16-6-7-17(22-24(16)18)23-9-11-12(10-23)15-5-4-14(11)25-15/h1-8,11-12,14-15H,9-10H2. The van der Waals surface area contributed by atoms with E-state index in [2.05, 4.69) is 32.2 Å². The summed E-state index contributed by atoms with van der Waals surface area (Å²) in [5, 5.41) is 13.3. The monoisotopic (exact) mass is 332 g/mol. The predicted octanol–water partition coefficient (Wildman–Crippen LogP) is 1.58. The van der Waals surface area contributed by atoms with E-state index in [4.69, 9.17) is 9.84 Å². The third-order valence-electron chi connectivity index (χ3n) is 5.53. The summed E-state index contributed by atoms with van der Waals surface area (Å²) in [6.45, 7) is 1.96. The molecule has 2 saturated heterocycles. The summed E-state index contributed by atoms with van der Waals surface area (Å²) >= 11 is 0. The fourth-order valence-corrected chi connectivity index (χ4v) is 4.32. The highest BCUT2D eigenvalue weighted by atomic mass is 16.5. The Kier molecular flexibility index (Phi) is 2.62. The van der Waals surface area contributed by atoms with E-state index in [9.17, 15) is 0 Å². The third-order valence-corrected chi connectivity index (χ3v) is 5.53. The summed E-state index contributed by atoms with van der Waals surface area (Å²) in [6.07, 6.45) is 6.74. The molecule has 124 valence electrons. The molecule has 0 radical (unpaired) electrons. The molecular weight excluding hydrogens is 316 g/mol. The first kappa shape index (κ1) is 13.5. The zero-order chi connectivity index (χ0) is 16.4. The quantitative estimate of drug-likeness (QED) is 0.664. The first-order valence-electron chi connectivity index (χ1n) is 8.59. The molecule has 3 aromatic rings. The normalized spacial score (nSPS) is 29.7. The summed E-state index contributed by atoms with van der Waals surface area (Å²) in [5.74, 6) is 2.77. The highest BCUT2D eigenvalue weighted by molar-refractivity contribution is 5.56. The molecular formula is C18H16N6O. The van der Waals surface area contributed by atoms with Gasteiger partial charge in [-0.05, 0) is 24.3 Å². The van der Waals surface area contributed by atoms with Crippen LogP contribution in [0.15, 0.2) is 48.7 Å². The summed E-state index contributed by atoms with van der Waals surface area (Å²) < 4.78 is 7.75. The summed E-state index contributed by atoms with van der Waals surface area (Å²) in [6, 6.07) is 9.76. The van der Waals surface area contributed by atoms with Crippen molar-refractivity contribution in [3.63, 3.8) is 0 Å². The van der Waals surface area contributed by atoms with Crippen LogP contribution in [0.4, 0.5) is 5.82 Å². The molecule has 6 rings (SSSR count). The SMILES string of the molecule is C1=CC2OC1C1CN(c3ccc4nnc(-c5ccccn5)n4n3)CC21. The van der Waals surface area contributed by atoms with Crippen LogP contribution in [0.25, 0.3) is 17.2 Å². The first-order valence-corrected chi connectivity index (χ1v) is 8.59. The Morgan fingerprint density at radius 3 is 2.56 bits per heavy atom. The molecule has 0 N–H and O–H groups in total. The minimum atomic E-state index is 0.280. The van der Waals surface area contributed by atoms with Gasteiger partial charge in [-0.2, -0.15) is 4.52 Å². The van der Waals surface area contributed by atoms with Gasteiger partial charge in [0.15, 0.2) is 5.65 Å². The van der Waals surface area contributed by atoms with E-state index in [1.54, 1.807) is 10.7 Å². The number of nitrogens with zero attached hydrogens (tertiary/aromatic N) is 6. The van der Waals surface area contributed by atoms with Gasteiger partial charge in [0.25, 0.3) is 0 Å². The average molecular weight is 332 g/mol. The number of aromatic nitrogens is 5. The summed E-state index contributed by atoms with van der Waals surface area (Å²) in [5.41, 5.74) is 1.50. The van der Waals surface area contributed by atoms with Crippen molar-refractivity contribution in [2.24, 2.45) is 11.8 Å². The largest absolute Gasteiger partial charge is 0.366 e. The maximum atomic E-state index is 5.97. The topological polar surface area (TPSA) is 68.4 Å². The fraction of sp³-hybridized carbons (Fsp3) is 0.333. The van der Waals surface area contributed by atoms with Gasteiger partial charge >= 0.3 is 0 Å². The predicted molar refractivity (Wildman–Crippen MR) is 91.0 cm³/mol. The number of hydrogen-bond donors (Lipinski definition) is 0. The van der Waals surface area contributed by atoms with Gasteiger partial charge in [-0.3, -0.25) is 4.98 Å². The lowest BCUT2D eigenvalue weighted by atomic mass is 9.86. The van der Waals surface area contributed by atoms with Crippen LogP contribution in [-0.4, -0.2) is 50.1 Å². The number of rotatable bonds is 2.